The van der Waals surface area contributed by atoms with Crippen molar-refractivity contribution in [2.24, 2.45) is 5.73 Å². The normalized spacial score (nSPS) is 11.8. The Balaban J connectivity index is 2.62. The number of nitrogens with one attached hydrogen (secondary N) is 1. The van der Waals surface area contributed by atoms with Gasteiger partial charge in [-0.2, -0.15) is 0 Å². The Morgan fingerprint density at radius 1 is 1.33 bits per heavy atom. The van der Waals surface area contributed by atoms with Crippen molar-refractivity contribution in [3.05, 3.63) is 29.8 Å². The zero-order valence-electron chi connectivity index (χ0n) is 13.1. The monoisotopic (exact) mass is 291 g/mol. The van der Waals surface area contributed by atoms with Crippen LogP contribution >= 0.6 is 0 Å². The van der Waals surface area contributed by atoms with Crippen molar-refractivity contribution in [1.29, 1.82) is 0 Å². The quantitative estimate of drug-likeness (QED) is 0.808. The van der Waals surface area contributed by atoms with Crippen molar-refractivity contribution in [2.75, 3.05) is 12.4 Å². The highest BCUT2D eigenvalue weighted by atomic mass is 16.2. The lowest BCUT2D eigenvalue weighted by Crippen LogP contribution is -2.24. The minimum absolute atomic E-state index is 0.00642. The van der Waals surface area contributed by atoms with Crippen molar-refractivity contribution < 1.29 is 9.59 Å². The number of carbonyl (C=O) groups is 2. The Hall–Kier alpha value is -1.88. The van der Waals surface area contributed by atoms with Gasteiger partial charge < -0.3 is 16.0 Å². The third-order valence-corrected chi connectivity index (χ3v) is 3.30. The zero-order chi connectivity index (χ0) is 15.8. The Morgan fingerprint density at radius 3 is 2.62 bits per heavy atom. The van der Waals surface area contributed by atoms with Gasteiger partial charge in [0, 0.05) is 38.7 Å². The first-order chi connectivity index (χ1) is 9.90. The second-order valence-corrected chi connectivity index (χ2v) is 5.45. The molecular formula is C16H25N3O2. The number of nitrogens with two attached hydrogens (primary N) is 1. The van der Waals surface area contributed by atoms with Crippen LogP contribution in [0.1, 0.15) is 38.7 Å². The lowest BCUT2D eigenvalue weighted by Gasteiger charge is -2.18. The topological polar surface area (TPSA) is 75.4 Å². The average Bonchev–Trinajstić information content (AvgIpc) is 2.40. The van der Waals surface area contributed by atoms with Crippen LogP contribution in [0.4, 0.5) is 5.69 Å². The van der Waals surface area contributed by atoms with E-state index in [-0.39, 0.29) is 17.9 Å². The Kier molecular flexibility index (Phi) is 6.88. The van der Waals surface area contributed by atoms with Gasteiger partial charge in [0.05, 0.1) is 0 Å². The van der Waals surface area contributed by atoms with Gasteiger partial charge in [-0.25, -0.2) is 0 Å². The highest BCUT2D eigenvalue weighted by molar-refractivity contribution is 5.91. The third kappa shape index (κ3) is 6.40. The van der Waals surface area contributed by atoms with Crippen LogP contribution in [0.25, 0.3) is 0 Å². The molecule has 0 saturated heterocycles. The number of carbonyl (C=O) groups excluding carboxylic acids is 2. The molecule has 21 heavy (non-hydrogen) atoms. The Bertz CT molecular complexity index is 486. The molecule has 1 unspecified atom stereocenters. The molecule has 0 aromatic heterocycles. The average molecular weight is 291 g/mol. The smallest absolute Gasteiger partial charge is 0.224 e. The molecule has 0 bridgehead atoms. The predicted octanol–water partition coefficient (Wildman–Crippen LogP) is 2.12. The van der Waals surface area contributed by atoms with Crippen molar-refractivity contribution in [3.63, 3.8) is 0 Å². The Labute approximate surface area is 126 Å². The van der Waals surface area contributed by atoms with Gasteiger partial charge in [-0.1, -0.05) is 18.2 Å². The zero-order valence-corrected chi connectivity index (χ0v) is 13.1. The van der Waals surface area contributed by atoms with E-state index in [1.165, 1.54) is 6.92 Å². The number of benzene rings is 1. The van der Waals surface area contributed by atoms with Crippen LogP contribution in [0.15, 0.2) is 24.3 Å². The molecule has 0 heterocycles. The molecule has 2 amide bonds. The fourth-order valence-electron chi connectivity index (χ4n) is 1.94. The molecule has 5 heteroatoms. The number of hydrogen-bond acceptors (Lipinski definition) is 3. The summed E-state index contributed by atoms with van der Waals surface area (Å²) in [5.74, 6) is -0.0263. The van der Waals surface area contributed by atoms with E-state index in [1.54, 1.807) is 11.9 Å². The molecule has 1 aromatic rings. The number of anilines is 1. The van der Waals surface area contributed by atoms with E-state index < -0.39 is 0 Å². The highest BCUT2D eigenvalue weighted by Crippen LogP contribution is 2.17. The van der Waals surface area contributed by atoms with Crippen LogP contribution in [0.3, 0.4) is 0 Å². The van der Waals surface area contributed by atoms with E-state index in [0.29, 0.717) is 13.0 Å². The second-order valence-electron chi connectivity index (χ2n) is 5.45. The van der Waals surface area contributed by atoms with Crippen LogP contribution in [0.2, 0.25) is 0 Å². The summed E-state index contributed by atoms with van der Waals surface area (Å²) in [6.45, 7) is 3.94. The van der Waals surface area contributed by atoms with Crippen LogP contribution in [-0.4, -0.2) is 29.8 Å². The van der Waals surface area contributed by atoms with Crippen molar-refractivity contribution >= 4 is 17.5 Å². The van der Waals surface area contributed by atoms with Gasteiger partial charge in [0.25, 0.3) is 0 Å². The maximum atomic E-state index is 11.9. The SMILES string of the molecule is CC(=O)N(C)Cc1ccccc1NC(=O)CCCC(C)N. The summed E-state index contributed by atoms with van der Waals surface area (Å²) >= 11 is 0. The summed E-state index contributed by atoms with van der Waals surface area (Å²) in [5, 5.41) is 2.91. The van der Waals surface area contributed by atoms with Gasteiger partial charge in [0.2, 0.25) is 11.8 Å². The molecule has 0 fully saturated rings. The summed E-state index contributed by atoms with van der Waals surface area (Å²) in [7, 11) is 1.74. The lowest BCUT2D eigenvalue weighted by atomic mass is 10.1. The predicted molar refractivity (Wildman–Crippen MR) is 84.7 cm³/mol. The van der Waals surface area contributed by atoms with Gasteiger partial charge in [0.15, 0.2) is 0 Å². The van der Waals surface area contributed by atoms with E-state index in [0.717, 1.165) is 24.1 Å². The van der Waals surface area contributed by atoms with Gasteiger partial charge >= 0.3 is 0 Å². The fourth-order valence-corrected chi connectivity index (χ4v) is 1.94. The summed E-state index contributed by atoms with van der Waals surface area (Å²) in [6.07, 6.45) is 2.07. The summed E-state index contributed by atoms with van der Waals surface area (Å²) < 4.78 is 0. The minimum Gasteiger partial charge on any atom is -0.342 e. The first-order valence-electron chi connectivity index (χ1n) is 7.25. The molecule has 0 aliphatic carbocycles. The number of nitrogens with zero attached hydrogens (tertiary/aromatic N) is 1. The fraction of sp³-hybridized carbons (Fsp3) is 0.500. The van der Waals surface area contributed by atoms with Crippen molar-refractivity contribution in [2.45, 2.75) is 45.7 Å². The molecule has 1 atom stereocenters. The van der Waals surface area contributed by atoms with Crippen LogP contribution in [0, 0.1) is 0 Å². The van der Waals surface area contributed by atoms with Gasteiger partial charge in [-0.15, -0.1) is 0 Å². The lowest BCUT2D eigenvalue weighted by molar-refractivity contribution is -0.128. The van der Waals surface area contributed by atoms with Gasteiger partial charge in [0.1, 0.15) is 0 Å². The van der Waals surface area contributed by atoms with E-state index in [1.807, 2.05) is 31.2 Å². The van der Waals surface area contributed by atoms with E-state index >= 15 is 0 Å². The maximum Gasteiger partial charge on any atom is 0.224 e. The van der Waals surface area contributed by atoms with Gasteiger partial charge in [-0.05, 0) is 31.4 Å². The first-order valence-corrected chi connectivity index (χ1v) is 7.25. The van der Waals surface area contributed by atoms with E-state index in [4.69, 9.17) is 5.73 Å². The number of rotatable bonds is 7. The first kappa shape index (κ1) is 17.2. The molecule has 0 aliphatic rings. The molecule has 1 rings (SSSR count). The van der Waals surface area contributed by atoms with Crippen LogP contribution in [0.5, 0.6) is 0 Å². The second kappa shape index (κ2) is 8.42. The Morgan fingerprint density at radius 2 is 2.00 bits per heavy atom. The molecule has 0 radical (unpaired) electrons. The van der Waals surface area contributed by atoms with Crippen molar-refractivity contribution in [1.82, 2.24) is 4.90 Å². The standard InChI is InChI=1S/C16H25N3O2/c1-12(17)7-6-10-16(21)18-15-9-5-4-8-14(15)11-19(3)13(2)20/h4-5,8-9,12H,6-7,10-11,17H2,1-3H3,(H,18,21). The molecule has 0 spiro atoms. The molecule has 1 aromatic carbocycles. The maximum absolute atomic E-state index is 11.9. The number of hydrogen-bond donors (Lipinski definition) is 2. The summed E-state index contributed by atoms with van der Waals surface area (Å²) in [5.41, 5.74) is 7.36. The van der Waals surface area contributed by atoms with E-state index in [2.05, 4.69) is 5.32 Å². The summed E-state index contributed by atoms with van der Waals surface area (Å²) in [4.78, 5) is 24.9. The van der Waals surface area contributed by atoms with Gasteiger partial charge in [-0.3, -0.25) is 9.59 Å². The van der Waals surface area contributed by atoms with Crippen LogP contribution < -0.4 is 11.1 Å². The largest absolute Gasteiger partial charge is 0.342 e. The number of para-hydroxylation sites is 1. The molecule has 3 N–H and O–H groups in total. The minimum atomic E-state index is -0.0198. The molecular weight excluding hydrogens is 266 g/mol. The molecule has 0 saturated carbocycles. The molecule has 116 valence electrons. The number of amides is 2. The molecule has 0 aliphatic heterocycles. The highest BCUT2D eigenvalue weighted by Gasteiger charge is 2.10. The van der Waals surface area contributed by atoms with E-state index in [9.17, 15) is 9.59 Å². The van der Waals surface area contributed by atoms with Crippen molar-refractivity contribution in [3.8, 4) is 0 Å². The summed E-state index contributed by atoms with van der Waals surface area (Å²) in [6, 6.07) is 7.66. The van der Waals surface area contributed by atoms with Crippen LogP contribution in [-0.2, 0) is 16.1 Å². The molecule has 5 nitrogen and oxygen atoms in total. The third-order valence-electron chi connectivity index (χ3n) is 3.30.